The number of carbonyl (C=O) groups is 1. The summed E-state index contributed by atoms with van der Waals surface area (Å²) in [5.74, 6) is 0.259. The van der Waals surface area contributed by atoms with E-state index < -0.39 is 0 Å². The van der Waals surface area contributed by atoms with Crippen LogP contribution in [0.5, 0.6) is 0 Å². The second kappa shape index (κ2) is 5.47. The molecule has 1 unspecified atom stereocenters. The predicted octanol–water partition coefficient (Wildman–Crippen LogP) is 0.147. The van der Waals surface area contributed by atoms with Crippen LogP contribution in [-0.2, 0) is 4.79 Å². The van der Waals surface area contributed by atoms with Crippen LogP contribution in [0.4, 0.5) is 0 Å². The van der Waals surface area contributed by atoms with Gasteiger partial charge in [0.25, 0.3) is 0 Å². The molecular formula is C11H23N3O. The molecule has 0 aromatic rings. The molecular weight excluding hydrogens is 190 g/mol. The van der Waals surface area contributed by atoms with Crippen molar-refractivity contribution in [2.45, 2.75) is 32.4 Å². The molecule has 0 aliphatic carbocycles. The largest absolute Gasteiger partial charge is 0.340 e. The maximum absolute atomic E-state index is 11.8. The van der Waals surface area contributed by atoms with Crippen LogP contribution in [0.2, 0.25) is 0 Å². The molecule has 1 amide bonds. The van der Waals surface area contributed by atoms with Gasteiger partial charge in [-0.3, -0.25) is 4.79 Å². The van der Waals surface area contributed by atoms with Crippen molar-refractivity contribution in [1.82, 2.24) is 15.1 Å². The van der Waals surface area contributed by atoms with Crippen LogP contribution in [0.3, 0.4) is 0 Å². The van der Waals surface area contributed by atoms with Gasteiger partial charge in [-0.15, -0.1) is 0 Å². The average Bonchev–Trinajstić information content (AvgIpc) is 2.55. The lowest BCUT2D eigenvalue weighted by Crippen LogP contribution is -2.40. The molecule has 0 spiro atoms. The quantitative estimate of drug-likeness (QED) is 0.706. The third-order valence-electron chi connectivity index (χ3n) is 3.25. The Balaban J connectivity index is 2.32. The first-order chi connectivity index (χ1) is 7.06. The minimum Gasteiger partial charge on any atom is -0.340 e. The Hall–Kier alpha value is -0.610. The van der Waals surface area contributed by atoms with Gasteiger partial charge < -0.3 is 15.1 Å². The van der Waals surface area contributed by atoms with Gasteiger partial charge in [0.15, 0.2) is 0 Å². The number of nitrogens with zero attached hydrogens (tertiary/aromatic N) is 2. The summed E-state index contributed by atoms with van der Waals surface area (Å²) in [6, 6.07) is 0.595. The summed E-state index contributed by atoms with van der Waals surface area (Å²) in [5.41, 5.74) is 0. The van der Waals surface area contributed by atoms with Gasteiger partial charge >= 0.3 is 0 Å². The van der Waals surface area contributed by atoms with Crippen molar-refractivity contribution in [3.05, 3.63) is 0 Å². The van der Waals surface area contributed by atoms with Crippen LogP contribution >= 0.6 is 0 Å². The molecule has 0 saturated carbocycles. The summed E-state index contributed by atoms with van der Waals surface area (Å²) in [6.45, 7) is 7.05. The van der Waals surface area contributed by atoms with Gasteiger partial charge in [-0.1, -0.05) is 0 Å². The molecule has 1 heterocycles. The summed E-state index contributed by atoms with van der Waals surface area (Å²) < 4.78 is 0. The van der Waals surface area contributed by atoms with Crippen molar-refractivity contribution >= 4 is 5.91 Å². The molecule has 4 nitrogen and oxygen atoms in total. The topological polar surface area (TPSA) is 35.6 Å². The Kier molecular flexibility index (Phi) is 4.54. The highest BCUT2D eigenvalue weighted by Crippen LogP contribution is 2.10. The van der Waals surface area contributed by atoms with E-state index in [1.165, 1.54) is 0 Å². The van der Waals surface area contributed by atoms with Crippen molar-refractivity contribution < 1.29 is 4.79 Å². The first-order valence-corrected chi connectivity index (χ1v) is 5.72. The number of amides is 1. The monoisotopic (exact) mass is 213 g/mol. The van der Waals surface area contributed by atoms with E-state index in [9.17, 15) is 4.79 Å². The minimum atomic E-state index is 0.0503. The number of hydrogen-bond acceptors (Lipinski definition) is 3. The number of likely N-dealkylation sites (N-methyl/N-ethyl adjacent to an activating group) is 2. The Labute approximate surface area is 92.6 Å². The highest BCUT2D eigenvalue weighted by atomic mass is 16.2. The fourth-order valence-electron chi connectivity index (χ4n) is 1.77. The van der Waals surface area contributed by atoms with Crippen LogP contribution in [0, 0.1) is 0 Å². The SMILES string of the molecule is CNC1CCN(CCN(C)C(C)C)C1=O. The van der Waals surface area contributed by atoms with E-state index >= 15 is 0 Å². The van der Waals surface area contributed by atoms with E-state index in [0.717, 1.165) is 26.1 Å². The van der Waals surface area contributed by atoms with Gasteiger partial charge in [0.1, 0.15) is 0 Å². The average molecular weight is 213 g/mol. The Morgan fingerprint density at radius 3 is 2.73 bits per heavy atom. The summed E-state index contributed by atoms with van der Waals surface area (Å²) in [4.78, 5) is 16.0. The molecule has 1 rings (SSSR count). The highest BCUT2D eigenvalue weighted by Gasteiger charge is 2.29. The van der Waals surface area contributed by atoms with Crippen LogP contribution < -0.4 is 5.32 Å². The first kappa shape index (κ1) is 12.5. The Morgan fingerprint density at radius 1 is 1.60 bits per heavy atom. The molecule has 0 aromatic carbocycles. The van der Waals surface area contributed by atoms with Crippen molar-refractivity contribution in [2.75, 3.05) is 33.7 Å². The summed E-state index contributed by atoms with van der Waals surface area (Å²) >= 11 is 0. The highest BCUT2D eigenvalue weighted by molar-refractivity contribution is 5.83. The second-order valence-electron chi connectivity index (χ2n) is 4.53. The normalized spacial score (nSPS) is 22.1. The van der Waals surface area contributed by atoms with E-state index in [4.69, 9.17) is 0 Å². The van der Waals surface area contributed by atoms with Crippen LogP contribution in [0.1, 0.15) is 20.3 Å². The first-order valence-electron chi connectivity index (χ1n) is 5.72. The molecule has 1 saturated heterocycles. The third-order valence-corrected chi connectivity index (χ3v) is 3.25. The van der Waals surface area contributed by atoms with Gasteiger partial charge in [-0.25, -0.2) is 0 Å². The van der Waals surface area contributed by atoms with Crippen LogP contribution in [0.25, 0.3) is 0 Å². The predicted molar refractivity (Wildman–Crippen MR) is 61.8 cm³/mol. The van der Waals surface area contributed by atoms with Crippen molar-refractivity contribution in [3.8, 4) is 0 Å². The zero-order chi connectivity index (χ0) is 11.4. The lowest BCUT2D eigenvalue weighted by atomic mass is 10.3. The number of nitrogens with one attached hydrogen (secondary N) is 1. The summed E-state index contributed by atoms with van der Waals surface area (Å²) in [6.07, 6.45) is 0.945. The van der Waals surface area contributed by atoms with E-state index in [1.54, 1.807) is 0 Å². The molecule has 0 aromatic heterocycles. The number of rotatable bonds is 5. The van der Waals surface area contributed by atoms with Gasteiger partial charge in [0.2, 0.25) is 5.91 Å². The van der Waals surface area contributed by atoms with Crippen molar-refractivity contribution in [3.63, 3.8) is 0 Å². The molecule has 1 atom stereocenters. The molecule has 0 bridgehead atoms. The summed E-state index contributed by atoms with van der Waals surface area (Å²) in [7, 11) is 3.95. The molecule has 88 valence electrons. The molecule has 15 heavy (non-hydrogen) atoms. The molecule has 1 fully saturated rings. The number of hydrogen-bond donors (Lipinski definition) is 1. The third kappa shape index (κ3) is 3.18. The zero-order valence-electron chi connectivity index (χ0n) is 10.3. The Bertz CT molecular complexity index is 218. The minimum absolute atomic E-state index is 0.0503. The van der Waals surface area contributed by atoms with Crippen LogP contribution in [-0.4, -0.2) is 61.5 Å². The number of carbonyl (C=O) groups excluding carboxylic acids is 1. The maximum Gasteiger partial charge on any atom is 0.239 e. The van der Waals surface area contributed by atoms with Gasteiger partial charge in [-0.2, -0.15) is 0 Å². The lowest BCUT2D eigenvalue weighted by molar-refractivity contribution is -0.129. The van der Waals surface area contributed by atoms with E-state index in [1.807, 2.05) is 11.9 Å². The van der Waals surface area contributed by atoms with Crippen molar-refractivity contribution in [2.24, 2.45) is 0 Å². The van der Waals surface area contributed by atoms with E-state index in [2.05, 4.69) is 31.1 Å². The Morgan fingerprint density at radius 2 is 2.27 bits per heavy atom. The zero-order valence-corrected chi connectivity index (χ0v) is 10.3. The summed E-state index contributed by atoms with van der Waals surface area (Å²) in [5, 5.41) is 3.05. The van der Waals surface area contributed by atoms with Crippen molar-refractivity contribution in [1.29, 1.82) is 0 Å². The van der Waals surface area contributed by atoms with Gasteiger partial charge in [0, 0.05) is 25.7 Å². The van der Waals surface area contributed by atoms with Gasteiger partial charge in [-0.05, 0) is 34.4 Å². The molecule has 1 aliphatic heterocycles. The van der Waals surface area contributed by atoms with E-state index in [0.29, 0.717) is 6.04 Å². The van der Waals surface area contributed by atoms with E-state index in [-0.39, 0.29) is 11.9 Å². The lowest BCUT2D eigenvalue weighted by Gasteiger charge is -2.24. The molecule has 0 radical (unpaired) electrons. The maximum atomic E-state index is 11.8. The second-order valence-corrected chi connectivity index (χ2v) is 4.53. The number of likely N-dealkylation sites (tertiary alicyclic amines) is 1. The molecule has 1 aliphatic rings. The van der Waals surface area contributed by atoms with Gasteiger partial charge in [0.05, 0.1) is 6.04 Å². The van der Waals surface area contributed by atoms with Crippen LogP contribution in [0.15, 0.2) is 0 Å². The molecule has 4 heteroatoms. The smallest absolute Gasteiger partial charge is 0.239 e. The fraction of sp³-hybridized carbons (Fsp3) is 0.909. The molecule has 1 N–H and O–H groups in total. The fourth-order valence-corrected chi connectivity index (χ4v) is 1.77. The standard InChI is InChI=1S/C11H23N3O/c1-9(2)13(4)7-8-14-6-5-10(12-3)11(14)15/h9-10,12H,5-8H2,1-4H3.